The van der Waals surface area contributed by atoms with Crippen LogP contribution in [0.4, 0.5) is 5.69 Å². The maximum Gasteiger partial charge on any atom is 0.376 e. The molecule has 0 N–H and O–H groups in total. The molecule has 3 aromatic rings. The van der Waals surface area contributed by atoms with Crippen molar-refractivity contribution in [3.8, 4) is 0 Å². The van der Waals surface area contributed by atoms with Gasteiger partial charge in [-0.3, -0.25) is 4.90 Å². The molecular formula is C29H28N4O2. The highest BCUT2D eigenvalue weighted by Gasteiger charge is 2.43. The van der Waals surface area contributed by atoms with Gasteiger partial charge in [-0.1, -0.05) is 77.9 Å². The topological polar surface area (TPSA) is 57.5 Å². The summed E-state index contributed by atoms with van der Waals surface area (Å²) < 4.78 is 5.40. The third kappa shape index (κ3) is 4.23. The Kier molecular flexibility index (Phi) is 5.95. The highest BCUT2D eigenvalue weighted by atomic mass is 16.5. The third-order valence-electron chi connectivity index (χ3n) is 6.21. The number of benzene rings is 3. The average molecular weight is 465 g/mol. The fraction of sp³-hybridized carbons (Fsp3) is 0.207. The SMILES string of the molecule is CCOC(=O)C1=NN(c2ccccc2C)C2=NC(c3ccc(C)cc3)=C[C@H](c3ccc(C)cc3)N12. The van der Waals surface area contributed by atoms with Crippen LogP contribution in [0, 0.1) is 20.8 Å². The maximum atomic E-state index is 13.1. The van der Waals surface area contributed by atoms with E-state index in [-0.39, 0.29) is 18.5 Å². The lowest BCUT2D eigenvalue weighted by Gasteiger charge is -2.33. The largest absolute Gasteiger partial charge is 0.460 e. The lowest BCUT2D eigenvalue weighted by atomic mass is 9.99. The van der Waals surface area contributed by atoms with E-state index >= 15 is 0 Å². The van der Waals surface area contributed by atoms with E-state index in [9.17, 15) is 4.79 Å². The van der Waals surface area contributed by atoms with E-state index in [0.29, 0.717) is 5.96 Å². The summed E-state index contributed by atoms with van der Waals surface area (Å²) in [6.45, 7) is 8.21. The predicted molar refractivity (Wildman–Crippen MR) is 140 cm³/mol. The van der Waals surface area contributed by atoms with Crippen molar-refractivity contribution in [3.05, 3.63) is 107 Å². The van der Waals surface area contributed by atoms with Crippen LogP contribution in [0.2, 0.25) is 0 Å². The molecule has 6 nitrogen and oxygen atoms in total. The first-order valence-electron chi connectivity index (χ1n) is 11.8. The minimum absolute atomic E-state index is 0.221. The second kappa shape index (κ2) is 9.22. The highest BCUT2D eigenvalue weighted by molar-refractivity contribution is 6.41. The van der Waals surface area contributed by atoms with Gasteiger partial charge in [-0.15, -0.1) is 5.10 Å². The Balaban J connectivity index is 1.70. The number of nitrogens with zero attached hydrogens (tertiary/aromatic N) is 4. The smallest absolute Gasteiger partial charge is 0.376 e. The molecule has 1 atom stereocenters. The molecule has 0 unspecified atom stereocenters. The van der Waals surface area contributed by atoms with E-state index in [1.807, 2.05) is 36.1 Å². The number of aliphatic imine (C=N–C) groups is 1. The van der Waals surface area contributed by atoms with Crippen molar-refractivity contribution in [2.24, 2.45) is 10.1 Å². The van der Waals surface area contributed by atoms with E-state index in [4.69, 9.17) is 14.8 Å². The number of fused-ring (bicyclic) bond motifs is 1. The number of hydrogen-bond donors (Lipinski definition) is 0. The molecule has 5 rings (SSSR count). The lowest BCUT2D eigenvalue weighted by Crippen LogP contribution is -2.44. The van der Waals surface area contributed by atoms with E-state index in [0.717, 1.165) is 28.1 Å². The van der Waals surface area contributed by atoms with E-state index < -0.39 is 5.97 Å². The van der Waals surface area contributed by atoms with Gasteiger partial charge < -0.3 is 4.74 Å². The van der Waals surface area contributed by atoms with Crippen LogP contribution in [-0.2, 0) is 9.53 Å². The van der Waals surface area contributed by atoms with Crippen LogP contribution < -0.4 is 5.01 Å². The summed E-state index contributed by atoms with van der Waals surface area (Å²) in [5.74, 6) is 0.324. The first-order valence-corrected chi connectivity index (χ1v) is 11.8. The van der Waals surface area contributed by atoms with Crippen LogP contribution in [0.5, 0.6) is 0 Å². The van der Waals surface area contributed by atoms with E-state index in [2.05, 4.69) is 68.5 Å². The van der Waals surface area contributed by atoms with Crippen molar-refractivity contribution in [3.63, 3.8) is 0 Å². The molecule has 0 aliphatic carbocycles. The number of ether oxygens (including phenoxy) is 1. The number of anilines is 1. The molecule has 3 aromatic carbocycles. The second-order valence-corrected chi connectivity index (χ2v) is 8.80. The van der Waals surface area contributed by atoms with Crippen LogP contribution >= 0.6 is 0 Å². The number of hydrogen-bond acceptors (Lipinski definition) is 6. The fourth-order valence-electron chi connectivity index (χ4n) is 4.30. The standard InChI is InChI=1S/C29H28N4O2/c1-5-35-28(34)27-31-33(25-9-7-6-8-21(25)4)29-30-24(22-14-10-19(2)11-15-22)18-26(32(27)29)23-16-12-20(3)13-17-23/h6-18,26H,5H2,1-4H3/t26-/m1/s1. The van der Waals surface area contributed by atoms with Gasteiger partial charge in [0.25, 0.3) is 0 Å². The zero-order valence-corrected chi connectivity index (χ0v) is 20.4. The number of rotatable bonds is 5. The van der Waals surface area contributed by atoms with Gasteiger partial charge in [-0.25, -0.2) is 9.79 Å². The van der Waals surface area contributed by atoms with E-state index in [1.165, 1.54) is 11.1 Å². The monoisotopic (exact) mass is 464 g/mol. The summed E-state index contributed by atoms with van der Waals surface area (Å²) in [5.41, 5.74) is 7.13. The first kappa shape index (κ1) is 22.6. The molecule has 0 bridgehead atoms. The third-order valence-corrected chi connectivity index (χ3v) is 6.21. The van der Waals surface area contributed by atoms with Gasteiger partial charge in [0.1, 0.15) is 0 Å². The van der Waals surface area contributed by atoms with Crippen LogP contribution in [0.1, 0.15) is 40.8 Å². The Bertz CT molecular complexity index is 1350. The number of carbonyl (C=O) groups excluding carboxylic acids is 1. The molecule has 2 aliphatic rings. The van der Waals surface area contributed by atoms with Crippen LogP contribution in [-0.4, -0.2) is 29.3 Å². The molecule has 0 saturated heterocycles. The fourth-order valence-corrected chi connectivity index (χ4v) is 4.30. The Morgan fingerprint density at radius 3 is 2.23 bits per heavy atom. The quantitative estimate of drug-likeness (QED) is 0.450. The first-order chi connectivity index (χ1) is 17.0. The van der Waals surface area contributed by atoms with Gasteiger partial charge in [0.15, 0.2) is 0 Å². The van der Waals surface area contributed by atoms with Gasteiger partial charge >= 0.3 is 5.97 Å². The number of carbonyl (C=O) groups is 1. The summed E-state index contributed by atoms with van der Waals surface area (Å²) in [6, 6.07) is 24.3. The molecule has 0 amide bonds. The van der Waals surface area contributed by atoms with Crippen LogP contribution in [0.25, 0.3) is 5.70 Å². The van der Waals surface area contributed by atoms with E-state index in [1.54, 1.807) is 11.9 Å². The molecule has 0 fully saturated rings. The molecule has 35 heavy (non-hydrogen) atoms. The zero-order chi connectivity index (χ0) is 24.5. The van der Waals surface area contributed by atoms with Crippen molar-refractivity contribution in [1.82, 2.24) is 4.90 Å². The Morgan fingerprint density at radius 2 is 1.57 bits per heavy atom. The van der Waals surface area contributed by atoms with Crippen molar-refractivity contribution >= 4 is 29.1 Å². The van der Waals surface area contributed by atoms with Gasteiger partial charge in [0.2, 0.25) is 11.8 Å². The van der Waals surface area contributed by atoms with Crippen molar-refractivity contribution in [1.29, 1.82) is 0 Å². The van der Waals surface area contributed by atoms with Crippen LogP contribution in [0.3, 0.4) is 0 Å². The Labute approximate surface area is 205 Å². The number of esters is 1. The number of para-hydroxylation sites is 1. The van der Waals surface area contributed by atoms with Crippen LogP contribution in [0.15, 0.2) is 89.0 Å². The van der Waals surface area contributed by atoms with Crippen molar-refractivity contribution < 1.29 is 9.53 Å². The van der Waals surface area contributed by atoms with Gasteiger partial charge in [0, 0.05) is 5.56 Å². The molecule has 2 heterocycles. The Morgan fingerprint density at radius 1 is 0.914 bits per heavy atom. The molecule has 176 valence electrons. The second-order valence-electron chi connectivity index (χ2n) is 8.80. The molecule has 6 heteroatoms. The normalized spacial score (nSPS) is 16.9. The summed E-state index contributed by atoms with van der Waals surface area (Å²) in [7, 11) is 0. The number of guanidine groups is 1. The molecule has 0 radical (unpaired) electrons. The Hall–Kier alpha value is -4.19. The zero-order valence-electron chi connectivity index (χ0n) is 20.4. The summed E-state index contributed by atoms with van der Waals surface area (Å²) in [4.78, 5) is 20.0. The summed E-state index contributed by atoms with van der Waals surface area (Å²) >= 11 is 0. The number of hydrazone groups is 1. The van der Waals surface area contributed by atoms with Gasteiger partial charge in [-0.05, 0) is 51.0 Å². The maximum absolute atomic E-state index is 13.1. The highest BCUT2D eigenvalue weighted by Crippen LogP contribution is 2.38. The van der Waals surface area contributed by atoms with Gasteiger partial charge in [-0.2, -0.15) is 5.01 Å². The van der Waals surface area contributed by atoms with Gasteiger partial charge in [0.05, 0.1) is 24.0 Å². The summed E-state index contributed by atoms with van der Waals surface area (Å²) in [5, 5.41) is 6.51. The van der Waals surface area contributed by atoms with Crippen molar-refractivity contribution in [2.75, 3.05) is 11.6 Å². The molecule has 0 saturated carbocycles. The minimum atomic E-state index is -0.472. The molecular weight excluding hydrogens is 436 g/mol. The van der Waals surface area contributed by atoms with Crippen molar-refractivity contribution in [2.45, 2.75) is 33.7 Å². The number of amidine groups is 1. The predicted octanol–water partition coefficient (Wildman–Crippen LogP) is 5.76. The minimum Gasteiger partial charge on any atom is -0.460 e. The molecule has 0 spiro atoms. The average Bonchev–Trinajstić information content (AvgIpc) is 3.24. The molecule has 2 aliphatic heterocycles. The molecule has 0 aromatic heterocycles. The summed E-state index contributed by atoms with van der Waals surface area (Å²) in [6.07, 6.45) is 2.09. The number of aryl methyl sites for hydroxylation is 3. The lowest BCUT2D eigenvalue weighted by molar-refractivity contribution is -0.135.